The van der Waals surface area contributed by atoms with Crippen LogP contribution in [-0.4, -0.2) is 52.8 Å². The highest BCUT2D eigenvalue weighted by atomic mass is 35.5. The Morgan fingerprint density at radius 1 is 1.10 bits per heavy atom. The monoisotopic (exact) mass is 589 g/mol. The number of rotatable bonds is 5. The molecule has 1 aliphatic rings. The van der Waals surface area contributed by atoms with Crippen molar-refractivity contribution in [3.05, 3.63) is 88.7 Å². The maximum absolute atomic E-state index is 13.1. The van der Waals surface area contributed by atoms with Gasteiger partial charge in [-0.05, 0) is 55.3 Å². The minimum absolute atomic E-state index is 0.00945. The lowest BCUT2D eigenvalue weighted by molar-refractivity contribution is -0.142. The molecule has 1 aliphatic heterocycles. The Hall–Kier alpha value is -4.34. The van der Waals surface area contributed by atoms with Crippen LogP contribution in [0.5, 0.6) is 0 Å². The molecule has 0 aliphatic carbocycles. The first-order valence-electron chi connectivity index (χ1n) is 12.6. The number of hydrogen-bond donors (Lipinski definition) is 3. The first-order chi connectivity index (χ1) is 19.7. The number of aromatic nitrogens is 2. The molecule has 2 aromatic carbocycles. The molecule has 1 saturated heterocycles. The van der Waals surface area contributed by atoms with Gasteiger partial charge < -0.3 is 5.11 Å². The van der Waals surface area contributed by atoms with Crippen molar-refractivity contribution in [3.63, 3.8) is 0 Å². The molecule has 4 N–H and O–H groups in total. The highest BCUT2D eigenvalue weighted by Crippen LogP contribution is 2.28. The minimum atomic E-state index is -3.89. The number of sulfonamides is 1. The molecule has 0 saturated carbocycles. The second-order valence-electron chi connectivity index (χ2n) is 9.43. The molecular formula is C29H24ClN5O5S. The lowest BCUT2D eigenvalue weighted by atomic mass is 10.0. The number of benzene rings is 2. The molecule has 1 unspecified atom stereocenters. The molecule has 1 fully saturated rings. The Morgan fingerprint density at radius 3 is 2.59 bits per heavy atom. The summed E-state index contributed by atoms with van der Waals surface area (Å²) in [5, 5.41) is 10.0. The Morgan fingerprint density at radius 2 is 1.88 bits per heavy atom. The number of pyridine rings is 2. The van der Waals surface area contributed by atoms with Crippen LogP contribution in [0.4, 0.5) is 0 Å². The SMILES string of the molecule is NNC(=O)c1cc(-c2ccc(C#Cc3ccc(S(=O)(=O)N4CCCC(C(=O)O)C4)cc3Cl)cc2)nc2ccncc12. The number of nitrogens with one attached hydrogen (secondary N) is 1. The number of hydrogen-bond acceptors (Lipinski definition) is 7. The van der Waals surface area contributed by atoms with Crippen molar-refractivity contribution in [1.29, 1.82) is 0 Å². The number of hydrazine groups is 1. The number of piperidine rings is 1. The van der Waals surface area contributed by atoms with Gasteiger partial charge in [0.25, 0.3) is 5.91 Å². The van der Waals surface area contributed by atoms with E-state index >= 15 is 0 Å². The zero-order chi connectivity index (χ0) is 29.1. The van der Waals surface area contributed by atoms with E-state index in [1.807, 2.05) is 12.1 Å². The number of halogens is 1. The summed E-state index contributed by atoms with van der Waals surface area (Å²) in [4.78, 5) is 32.4. The fourth-order valence-corrected chi connectivity index (χ4v) is 6.46. The largest absolute Gasteiger partial charge is 0.481 e. The average Bonchev–Trinajstić information content (AvgIpc) is 2.99. The Balaban J connectivity index is 1.36. The Kier molecular flexibility index (Phi) is 8.01. The number of carboxylic acid groups (broad SMARTS) is 1. The molecular weight excluding hydrogens is 566 g/mol. The van der Waals surface area contributed by atoms with E-state index in [9.17, 15) is 23.1 Å². The molecule has 41 heavy (non-hydrogen) atoms. The second kappa shape index (κ2) is 11.6. The van der Waals surface area contributed by atoms with E-state index in [2.05, 4.69) is 27.2 Å². The van der Waals surface area contributed by atoms with Crippen molar-refractivity contribution < 1.29 is 23.1 Å². The number of amides is 1. The normalized spacial score (nSPS) is 15.6. The molecule has 10 nitrogen and oxygen atoms in total. The summed E-state index contributed by atoms with van der Waals surface area (Å²) >= 11 is 6.39. The predicted octanol–water partition coefficient (Wildman–Crippen LogP) is 3.44. The van der Waals surface area contributed by atoms with Gasteiger partial charge in [-0.2, -0.15) is 4.31 Å². The zero-order valence-corrected chi connectivity index (χ0v) is 23.1. The van der Waals surface area contributed by atoms with Crippen LogP contribution < -0.4 is 11.3 Å². The van der Waals surface area contributed by atoms with Crippen LogP contribution in [0.3, 0.4) is 0 Å². The topological polar surface area (TPSA) is 156 Å². The maximum atomic E-state index is 13.1. The Labute approximate surface area is 241 Å². The molecule has 0 bridgehead atoms. The summed E-state index contributed by atoms with van der Waals surface area (Å²) in [5.41, 5.74) is 5.56. The fraction of sp³-hybridized carbons (Fsp3) is 0.172. The first-order valence-corrected chi connectivity index (χ1v) is 14.4. The molecule has 5 rings (SSSR count). The standard InChI is InChI=1S/C29H24ClN5O5S/c30-25-14-22(41(39,40)35-13-1-2-21(17-35)29(37)38)10-9-19(25)6-3-18-4-7-20(8-5-18)27-15-23(28(36)34-31)24-16-32-12-11-26(24)33-27/h4-5,7-12,14-16,21H,1-2,13,17,31H2,(H,34,36)(H,37,38). The van der Waals surface area contributed by atoms with Gasteiger partial charge in [-0.25, -0.2) is 19.2 Å². The number of carboxylic acids is 1. The van der Waals surface area contributed by atoms with Gasteiger partial charge in [0, 0.05) is 47.6 Å². The average molecular weight is 590 g/mol. The van der Waals surface area contributed by atoms with Crippen LogP contribution in [0.2, 0.25) is 5.02 Å². The number of carbonyl (C=O) groups is 2. The third-order valence-corrected chi connectivity index (χ3v) is 8.99. The summed E-state index contributed by atoms with van der Waals surface area (Å²) in [6, 6.07) is 14.9. The van der Waals surface area contributed by atoms with E-state index in [4.69, 9.17) is 17.4 Å². The molecule has 12 heteroatoms. The Bertz CT molecular complexity index is 1830. The van der Waals surface area contributed by atoms with Crippen molar-refractivity contribution >= 4 is 44.4 Å². The van der Waals surface area contributed by atoms with E-state index in [-0.39, 0.29) is 23.0 Å². The van der Waals surface area contributed by atoms with E-state index in [1.54, 1.807) is 36.7 Å². The van der Waals surface area contributed by atoms with E-state index in [0.29, 0.717) is 46.1 Å². The van der Waals surface area contributed by atoms with Crippen LogP contribution >= 0.6 is 11.6 Å². The van der Waals surface area contributed by atoms with Crippen LogP contribution in [0.1, 0.15) is 34.3 Å². The van der Waals surface area contributed by atoms with Gasteiger partial charge >= 0.3 is 5.97 Å². The van der Waals surface area contributed by atoms with E-state index < -0.39 is 27.8 Å². The van der Waals surface area contributed by atoms with Crippen molar-refractivity contribution in [2.24, 2.45) is 11.8 Å². The summed E-state index contributed by atoms with van der Waals surface area (Å²) in [7, 11) is -3.89. The predicted molar refractivity (Wildman–Crippen MR) is 153 cm³/mol. The van der Waals surface area contributed by atoms with Gasteiger partial charge in [-0.15, -0.1) is 0 Å². The lowest BCUT2D eigenvalue weighted by Gasteiger charge is -2.29. The highest BCUT2D eigenvalue weighted by Gasteiger charge is 2.33. The summed E-state index contributed by atoms with van der Waals surface area (Å²) in [6.07, 6.45) is 4.08. The lowest BCUT2D eigenvalue weighted by Crippen LogP contribution is -2.42. The fourth-order valence-electron chi connectivity index (χ4n) is 4.61. The van der Waals surface area contributed by atoms with Crippen molar-refractivity contribution in [2.75, 3.05) is 13.1 Å². The molecule has 0 spiro atoms. The molecule has 3 heterocycles. The summed E-state index contributed by atoms with van der Waals surface area (Å²) in [5.74, 6) is 9.16. The molecule has 2 aromatic heterocycles. The third-order valence-electron chi connectivity index (χ3n) is 6.82. The molecule has 208 valence electrons. The zero-order valence-electron chi connectivity index (χ0n) is 21.5. The van der Waals surface area contributed by atoms with Crippen LogP contribution in [0.25, 0.3) is 22.2 Å². The third kappa shape index (κ3) is 5.91. The van der Waals surface area contributed by atoms with Gasteiger partial charge in [0.05, 0.1) is 32.6 Å². The summed E-state index contributed by atoms with van der Waals surface area (Å²) in [6.45, 7) is 0.190. The summed E-state index contributed by atoms with van der Waals surface area (Å²) < 4.78 is 27.4. The number of fused-ring (bicyclic) bond motifs is 1. The molecule has 1 amide bonds. The number of aliphatic carboxylic acids is 1. The van der Waals surface area contributed by atoms with Crippen molar-refractivity contribution in [2.45, 2.75) is 17.7 Å². The minimum Gasteiger partial charge on any atom is -0.481 e. The first kappa shape index (κ1) is 28.2. The molecule has 0 radical (unpaired) electrons. The maximum Gasteiger partial charge on any atom is 0.307 e. The molecule has 1 atom stereocenters. The van der Waals surface area contributed by atoms with E-state index in [0.717, 1.165) is 5.56 Å². The van der Waals surface area contributed by atoms with E-state index in [1.165, 1.54) is 22.5 Å². The number of nitrogens with zero attached hydrogens (tertiary/aromatic N) is 3. The van der Waals surface area contributed by atoms with Gasteiger partial charge in [-0.3, -0.25) is 20.0 Å². The smallest absolute Gasteiger partial charge is 0.307 e. The number of carbonyl (C=O) groups excluding carboxylic acids is 1. The highest BCUT2D eigenvalue weighted by molar-refractivity contribution is 7.89. The van der Waals surface area contributed by atoms with Gasteiger partial charge in [0.2, 0.25) is 10.0 Å². The van der Waals surface area contributed by atoms with Crippen molar-refractivity contribution in [1.82, 2.24) is 19.7 Å². The van der Waals surface area contributed by atoms with Crippen molar-refractivity contribution in [3.8, 4) is 23.1 Å². The van der Waals surface area contributed by atoms with Gasteiger partial charge in [0.1, 0.15) is 0 Å². The van der Waals surface area contributed by atoms with Crippen LogP contribution in [0, 0.1) is 17.8 Å². The van der Waals surface area contributed by atoms with Crippen LogP contribution in [-0.2, 0) is 14.8 Å². The van der Waals surface area contributed by atoms with Crippen LogP contribution in [0.15, 0.2) is 71.9 Å². The molecule has 4 aromatic rings. The number of nitrogen functional groups attached to an aromatic ring is 1. The van der Waals surface area contributed by atoms with Gasteiger partial charge in [-0.1, -0.05) is 35.6 Å². The van der Waals surface area contributed by atoms with Gasteiger partial charge in [0.15, 0.2) is 0 Å². The second-order valence-corrected chi connectivity index (χ2v) is 11.8. The quantitative estimate of drug-likeness (QED) is 0.138. The number of nitrogens with two attached hydrogens (primary N) is 1.